The van der Waals surface area contributed by atoms with E-state index < -0.39 is 0 Å². The van der Waals surface area contributed by atoms with Gasteiger partial charge in [0.15, 0.2) is 0 Å². The fourth-order valence-corrected chi connectivity index (χ4v) is 1.48. The minimum Gasteiger partial charge on any atom is -0.464 e. The Kier molecular flexibility index (Phi) is 4.97. The fraction of sp³-hybridized carbons (Fsp3) is 0.462. The highest BCUT2D eigenvalue weighted by Gasteiger charge is 2.12. The molecule has 0 spiro atoms. The van der Waals surface area contributed by atoms with Crippen molar-refractivity contribution in [2.75, 3.05) is 27.2 Å². The minimum absolute atomic E-state index is 0.0686. The number of carbonyl (C=O) groups is 1. The smallest absolute Gasteiger partial charge is 0.246 e. The molecule has 0 fully saturated rings. The van der Waals surface area contributed by atoms with Crippen molar-refractivity contribution >= 4 is 5.91 Å². The molecule has 94 valence electrons. The largest absolute Gasteiger partial charge is 0.464 e. The molecular formula is C13H20N2O2. The topological polar surface area (TPSA) is 36.7 Å². The number of hydrogen-bond acceptors (Lipinski definition) is 3. The quantitative estimate of drug-likeness (QED) is 0.705. The number of aryl methyl sites for hydroxylation is 1. The number of nitrogens with zero attached hydrogens (tertiary/aromatic N) is 2. The van der Waals surface area contributed by atoms with Gasteiger partial charge in [0, 0.05) is 13.1 Å². The summed E-state index contributed by atoms with van der Waals surface area (Å²) in [6.07, 6.45) is 1.34. The molecular weight excluding hydrogens is 216 g/mol. The molecule has 1 aromatic rings. The first-order valence-corrected chi connectivity index (χ1v) is 5.64. The van der Waals surface area contributed by atoms with Gasteiger partial charge in [0.25, 0.3) is 0 Å². The molecule has 0 saturated carbocycles. The van der Waals surface area contributed by atoms with Gasteiger partial charge in [0.1, 0.15) is 11.5 Å². The number of hydrogen-bond donors (Lipinski definition) is 0. The van der Waals surface area contributed by atoms with Crippen LogP contribution in [-0.4, -0.2) is 42.9 Å². The van der Waals surface area contributed by atoms with Crippen molar-refractivity contribution in [3.05, 3.63) is 36.3 Å². The van der Waals surface area contributed by atoms with Crippen LogP contribution in [0, 0.1) is 6.92 Å². The summed E-state index contributed by atoms with van der Waals surface area (Å²) in [6, 6.07) is 3.80. The van der Waals surface area contributed by atoms with Crippen LogP contribution in [0.5, 0.6) is 0 Å². The highest BCUT2D eigenvalue weighted by Crippen LogP contribution is 2.10. The van der Waals surface area contributed by atoms with Crippen molar-refractivity contribution in [1.29, 1.82) is 0 Å². The third-order valence-corrected chi connectivity index (χ3v) is 2.45. The van der Waals surface area contributed by atoms with E-state index in [2.05, 4.69) is 6.58 Å². The van der Waals surface area contributed by atoms with E-state index in [0.717, 1.165) is 18.1 Å². The summed E-state index contributed by atoms with van der Waals surface area (Å²) in [5.41, 5.74) is 0. The zero-order chi connectivity index (χ0) is 12.8. The molecule has 0 aliphatic heterocycles. The Balaban J connectivity index is 2.63. The van der Waals surface area contributed by atoms with Crippen LogP contribution >= 0.6 is 0 Å². The third kappa shape index (κ3) is 4.44. The van der Waals surface area contributed by atoms with E-state index in [1.54, 1.807) is 4.90 Å². The van der Waals surface area contributed by atoms with Crippen LogP contribution in [-0.2, 0) is 11.3 Å². The van der Waals surface area contributed by atoms with Crippen molar-refractivity contribution in [3.8, 4) is 0 Å². The lowest BCUT2D eigenvalue weighted by molar-refractivity contribution is -0.127. The maximum absolute atomic E-state index is 11.7. The number of furan rings is 1. The van der Waals surface area contributed by atoms with Gasteiger partial charge in [-0.05, 0) is 39.2 Å². The fourth-order valence-electron chi connectivity index (χ4n) is 1.48. The van der Waals surface area contributed by atoms with Crippen LogP contribution < -0.4 is 0 Å². The van der Waals surface area contributed by atoms with Gasteiger partial charge in [-0.25, -0.2) is 0 Å². The molecule has 0 radical (unpaired) electrons. The Morgan fingerprint density at radius 3 is 2.59 bits per heavy atom. The molecule has 0 saturated heterocycles. The van der Waals surface area contributed by atoms with E-state index in [9.17, 15) is 4.79 Å². The first-order chi connectivity index (χ1) is 8.02. The molecule has 4 nitrogen and oxygen atoms in total. The molecule has 1 aromatic heterocycles. The summed E-state index contributed by atoms with van der Waals surface area (Å²) in [5.74, 6) is 1.59. The Morgan fingerprint density at radius 1 is 1.41 bits per heavy atom. The molecule has 4 heteroatoms. The molecule has 0 aromatic carbocycles. The Labute approximate surface area is 103 Å². The van der Waals surface area contributed by atoms with Gasteiger partial charge in [-0.3, -0.25) is 4.79 Å². The van der Waals surface area contributed by atoms with Crippen LogP contribution in [0.3, 0.4) is 0 Å². The summed E-state index contributed by atoms with van der Waals surface area (Å²) in [6.45, 7) is 7.39. The molecule has 0 atom stereocenters. The maximum Gasteiger partial charge on any atom is 0.246 e. The van der Waals surface area contributed by atoms with E-state index in [0.29, 0.717) is 13.1 Å². The van der Waals surface area contributed by atoms with Gasteiger partial charge < -0.3 is 14.2 Å². The first-order valence-electron chi connectivity index (χ1n) is 5.64. The molecule has 0 aliphatic carbocycles. The molecule has 0 unspecified atom stereocenters. The lowest BCUT2D eigenvalue weighted by atomic mass is 10.3. The summed E-state index contributed by atoms with van der Waals surface area (Å²) in [7, 11) is 3.96. The van der Waals surface area contributed by atoms with Gasteiger partial charge in [0.2, 0.25) is 5.91 Å². The summed E-state index contributed by atoms with van der Waals surface area (Å²) in [4.78, 5) is 15.4. The Morgan fingerprint density at radius 2 is 2.12 bits per heavy atom. The van der Waals surface area contributed by atoms with E-state index in [-0.39, 0.29) is 5.91 Å². The molecule has 17 heavy (non-hydrogen) atoms. The number of amides is 1. The van der Waals surface area contributed by atoms with Gasteiger partial charge >= 0.3 is 0 Å². The van der Waals surface area contributed by atoms with E-state index in [4.69, 9.17) is 4.42 Å². The van der Waals surface area contributed by atoms with Crippen LogP contribution in [0.4, 0.5) is 0 Å². The van der Waals surface area contributed by atoms with Gasteiger partial charge in [-0.15, -0.1) is 0 Å². The molecule has 1 amide bonds. The predicted octanol–water partition coefficient (Wildman–Crippen LogP) is 1.66. The molecule has 0 N–H and O–H groups in total. The maximum atomic E-state index is 11.7. The first kappa shape index (κ1) is 13.5. The van der Waals surface area contributed by atoms with Crippen molar-refractivity contribution < 1.29 is 9.21 Å². The molecule has 1 rings (SSSR count). The monoisotopic (exact) mass is 236 g/mol. The highest BCUT2D eigenvalue weighted by atomic mass is 16.3. The summed E-state index contributed by atoms with van der Waals surface area (Å²) < 4.78 is 5.47. The average molecular weight is 236 g/mol. The van der Waals surface area contributed by atoms with Crippen LogP contribution in [0.15, 0.2) is 29.2 Å². The SMILES string of the molecule is C=CC(=O)N(CCN(C)C)Cc1ccc(C)o1. The van der Waals surface area contributed by atoms with Crippen molar-refractivity contribution in [2.45, 2.75) is 13.5 Å². The number of likely N-dealkylation sites (N-methyl/N-ethyl adjacent to an activating group) is 1. The standard InChI is InChI=1S/C13H20N2O2/c1-5-13(16)15(9-8-14(3)4)10-12-7-6-11(2)17-12/h5-7H,1,8-10H2,2-4H3. The van der Waals surface area contributed by atoms with Crippen molar-refractivity contribution in [2.24, 2.45) is 0 Å². The zero-order valence-corrected chi connectivity index (χ0v) is 10.8. The minimum atomic E-state index is -0.0686. The lowest BCUT2D eigenvalue weighted by Gasteiger charge is -2.22. The predicted molar refractivity (Wildman–Crippen MR) is 67.6 cm³/mol. The number of carbonyl (C=O) groups excluding carboxylic acids is 1. The normalized spacial score (nSPS) is 10.6. The van der Waals surface area contributed by atoms with Crippen molar-refractivity contribution in [3.63, 3.8) is 0 Å². The van der Waals surface area contributed by atoms with Crippen molar-refractivity contribution in [1.82, 2.24) is 9.80 Å². The van der Waals surface area contributed by atoms with Crippen LogP contribution in [0.25, 0.3) is 0 Å². The van der Waals surface area contributed by atoms with Gasteiger partial charge in [-0.1, -0.05) is 6.58 Å². The van der Waals surface area contributed by atoms with Gasteiger partial charge in [-0.2, -0.15) is 0 Å². The van der Waals surface area contributed by atoms with E-state index in [1.807, 2.05) is 38.1 Å². The number of rotatable bonds is 6. The third-order valence-electron chi connectivity index (χ3n) is 2.45. The van der Waals surface area contributed by atoms with Crippen LogP contribution in [0.2, 0.25) is 0 Å². The second-order valence-corrected chi connectivity index (χ2v) is 4.28. The van der Waals surface area contributed by atoms with Crippen LogP contribution in [0.1, 0.15) is 11.5 Å². The summed E-state index contributed by atoms with van der Waals surface area (Å²) >= 11 is 0. The molecule has 1 heterocycles. The lowest BCUT2D eigenvalue weighted by Crippen LogP contribution is -2.35. The second-order valence-electron chi connectivity index (χ2n) is 4.28. The summed E-state index contributed by atoms with van der Waals surface area (Å²) in [5, 5.41) is 0. The second kappa shape index (κ2) is 6.25. The van der Waals surface area contributed by atoms with Gasteiger partial charge in [0.05, 0.1) is 6.54 Å². The zero-order valence-electron chi connectivity index (χ0n) is 10.8. The Hall–Kier alpha value is -1.55. The molecule has 0 bridgehead atoms. The van der Waals surface area contributed by atoms with E-state index >= 15 is 0 Å². The highest BCUT2D eigenvalue weighted by molar-refractivity contribution is 5.86. The Bertz CT molecular complexity index is 383. The van der Waals surface area contributed by atoms with E-state index in [1.165, 1.54) is 6.08 Å². The average Bonchev–Trinajstić information content (AvgIpc) is 2.68. The molecule has 0 aliphatic rings.